The monoisotopic (exact) mass is 317 g/mol. The number of hydrogen-bond acceptors (Lipinski definition) is 6. The number of carbonyl (C=O) groups excluding carboxylic acids is 2. The summed E-state index contributed by atoms with van der Waals surface area (Å²) in [5.74, 6) is 1.11. The van der Waals surface area contributed by atoms with E-state index in [0.717, 1.165) is 18.9 Å². The Morgan fingerprint density at radius 2 is 2.09 bits per heavy atom. The van der Waals surface area contributed by atoms with Crippen LogP contribution in [-0.2, 0) is 14.3 Å². The highest BCUT2D eigenvalue weighted by atomic mass is 16.5. The van der Waals surface area contributed by atoms with Crippen LogP contribution in [0.5, 0.6) is 0 Å². The molecule has 1 aliphatic heterocycles. The third-order valence-corrected chi connectivity index (χ3v) is 3.65. The summed E-state index contributed by atoms with van der Waals surface area (Å²) in [5.41, 5.74) is 0.663. The van der Waals surface area contributed by atoms with Crippen molar-refractivity contribution in [3.63, 3.8) is 0 Å². The lowest BCUT2D eigenvalue weighted by Crippen LogP contribution is -2.37. The fourth-order valence-corrected chi connectivity index (χ4v) is 2.47. The maximum Gasteiger partial charge on any atom is 0.225 e. The fraction of sp³-hybridized carbons (Fsp3) is 0.467. The molecule has 1 aliphatic rings. The molecule has 3 rings (SSSR count). The van der Waals surface area contributed by atoms with E-state index >= 15 is 0 Å². The third-order valence-electron chi connectivity index (χ3n) is 3.65. The number of Topliss-reactive ketones (excluding diaryl/α,β-unsaturated/α-hetero) is 1. The highest BCUT2D eigenvalue weighted by Gasteiger charge is 2.17. The molecule has 3 heterocycles. The maximum absolute atomic E-state index is 11.9. The Kier molecular flexibility index (Phi) is 4.52. The molecule has 8 heteroatoms. The largest absolute Gasteiger partial charge is 0.378 e. The summed E-state index contributed by atoms with van der Waals surface area (Å²) in [5, 5.41) is 7.05. The molecule has 1 amide bonds. The van der Waals surface area contributed by atoms with Gasteiger partial charge < -0.3 is 19.7 Å². The van der Waals surface area contributed by atoms with Crippen LogP contribution in [0.4, 0.5) is 11.6 Å². The normalized spacial score (nSPS) is 14.9. The van der Waals surface area contributed by atoms with Gasteiger partial charge in [0.15, 0.2) is 5.65 Å². The van der Waals surface area contributed by atoms with Gasteiger partial charge in [-0.05, 0) is 6.92 Å². The Morgan fingerprint density at radius 3 is 2.83 bits per heavy atom. The summed E-state index contributed by atoms with van der Waals surface area (Å²) in [7, 11) is 0. The number of ketones is 1. The molecule has 0 spiro atoms. The fourth-order valence-electron chi connectivity index (χ4n) is 2.47. The Bertz CT molecular complexity index is 721. The highest BCUT2D eigenvalue weighted by molar-refractivity contribution is 5.93. The van der Waals surface area contributed by atoms with Crippen molar-refractivity contribution in [2.24, 2.45) is 0 Å². The van der Waals surface area contributed by atoms with Crippen LogP contribution in [0.1, 0.15) is 19.8 Å². The summed E-state index contributed by atoms with van der Waals surface area (Å²) >= 11 is 0. The summed E-state index contributed by atoms with van der Waals surface area (Å²) in [6, 6.07) is 3.59. The zero-order valence-corrected chi connectivity index (χ0v) is 13.0. The molecule has 8 nitrogen and oxygen atoms in total. The van der Waals surface area contributed by atoms with E-state index in [0.29, 0.717) is 24.7 Å². The molecular weight excluding hydrogens is 298 g/mol. The SMILES string of the molecule is CC(=O)CCC(=O)Nc1cc(N2CCOCC2)n2nccc2n1. The number of rotatable bonds is 5. The lowest BCUT2D eigenvalue weighted by molar-refractivity contribution is -0.121. The zero-order chi connectivity index (χ0) is 16.2. The lowest BCUT2D eigenvalue weighted by Gasteiger charge is -2.29. The van der Waals surface area contributed by atoms with Crippen molar-refractivity contribution >= 4 is 29.0 Å². The van der Waals surface area contributed by atoms with Crippen LogP contribution in [0.2, 0.25) is 0 Å². The topological polar surface area (TPSA) is 88.8 Å². The molecule has 0 aliphatic carbocycles. The van der Waals surface area contributed by atoms with Gasteiger partial charge in [0.1, 0.15) is 17.4 Å². The predicted molar refractivity (Wildman–Crippen MR) is 84.6 cm³/mol. The molecule has 1 fully saturated rings. The highest BCUT2D eigenvalue weighted by Crippen LogP contribution is 2.21. The van der Waals surface area contributed by atoms with Crippen molar-refractivity contribution in [3.8, 4) is 0 Å². The zero-order valence-electron chi connectivity index (χ0n) is 13.0. The van der Waals surface area contributed by atoms with Crippen molar-refractivity contribution in [2.45, 2.75) is 19.8 Å². The number of anilines is 2. The van der Waals surface area contributed by atoms with E-state index in [4.69, 9.17) is 4.74 Å². The number of ether oxygens (including phenoxy) is 1. The number of amides is 1. The molecule has 2 aromatic rings. The van der Waals surface area contributed by atoms with E-state index in [1.54, 1.807) is 22.8 Å². The summed E-state index contributed by atoms with van der Waals surface area (Å²) in [6.45, 7) is 4.31. The molecule has 0 aromatic carbocycles. The van der Waals surface area contributed by atoms with Gasteiger partial charge in [0.05, 0.1) is 19.4 Å². The number of morpholine rings is 1. The quantitative estimate of drug-likeness (QED) is 0.880. The summed E-state index contributed by atoms with van der Waals surface area (Å²) in [6.07, 6.45) is 2.07. The summed E-state index contributed by atoms with van der Waals surface area (Å²) in [4.78, 5) is 29.4. The molecule has 122 valence electrons. The summed E-state index contributed by atoms with van der Waals surface area (Å²) < 4.78 is 7.12. The molecule has 0 radical (unpaired) electrons. The Morgan fingerprint density at radius 1 is 1.30 bits per heavy atom. The van der Waals surface area contributed by atoms with Gasteiger partial charge in [-0.2, -0.15) is 9.61 Å². The van der Waals surface area contributed by atoms with Crippen LogP contribution in [0, 0.1) is 0 Å². The number of aromatic nitrogens is 3. The van der Waals surface area contributed by atoms with E-state index in [1.165, 1.54) is 6.92 Å². The first-order chi connectivity index (χ1) is 11.1. The first kappa shape index (κ1) is 15.4. The molecule has 0 unspecified atom stereocenters. The van der Waals surface area contributed by atoms with Crippen LogP contribution in [-0.4, -0.2) is 52.6 Å². The average molecular weight is 317 g/mol. The van der Waals surface area contributed by atoms with Crippen LogP contribution in [0.3, 0.4) is 0 Å². The maximum atomic E-state index is 11.9. The van der Waals surface area contributed by atoms with E-state index in [2.05, 4.69) is 20.3 Å². The van der Waals surface area contributed by atoms with Gasteiger partial charge in [-0.25, -0.2) is 4.98 Å². The van der Waals surface area contributed by atoms with Gasteiger partial charge in [0.25, 0.3) is 0 Å². The second kappa shape index (κ2) is 6.74. The predicted octanol–water partition coefficient (Wildman–Crippen LogP) is 0.874. The minimum absolute atomic E-state index is 0.00615. The second-order valence-electron chi connectivity index (χ2n) is 5.45. The first-order valence-corrected chi connectivity index (χ1v) is 7.60. The van der Waals surface area contributed by atoms with Crippen molar-refractivity contribution in [1.82, 2.24) is 14.6 Å². The standard InChI is InChI=1S/C15H19N5O3/c1-11(21)2-3-14(22)18-12-10-15(19-6-8-23-9-7-19)20-13(17-12)4-5-16-20/h4-5,10H,2-3,6-9H2,1H3,(H,17,18,22). The lowest BCUT2D eigenvalue weighted by atomic mass is 10.2. The molecule has 0 bridgehead atoms. The molecule has 23 heavy (non-hydrogen) atoms. The van der Waals surface area contributed by atoms with Gasteiger partial charge in [-0.15, -0.1) is 0 Å². The van der Waals surface area contributed by atoms with Crippen LogP contribution in [0.25, 0.3) is 5.65 Å². The molecule has 0 saturated carbocycles. The van der Waals surface area contributed by atoms with Crippen molar-refractivity contribution < 1.29 is 14.3 Å². The van der Waals surface area contributed by atoms with Crippen molar-refractivity contribution in [3.05, 3.63) is 18.3 Å². The molecule has 1 N–H and O–H groups in total. The number of fused-ring (bicyclic) bond motifs is 1. The van der Waals surface area contributed by atoms with E-state index in [9.17, 15) is 9.59 Å². The molecule has 0 atom stereocenters. The van der Waals surface area contributed by atoms with Crippen LogP contribution < -0.4 is 10.2 Å². The molecule has 1 saturated heterocycles. The number of hydrogen-bond donors (Lipinski definition) is 1. The third kappa shape index (κ3) is 3.65. The number of nitrogens with one attached hydrogen (secondary N) is 1. The van der Waals surface area contributed by atoms with Gasteiger partial charge in [0.2, 0.25) is 5.91 Å². The van der Waals surface area contributed by atoms with Gasteiger partial charge >= 0.3 is 0 Å². The van der Waals surface area contributed by atoms with Crippen molar-refractivity contribution in [1.29, 1.82) is 0 Å². The number of nitrogens with zero attached hydrogens (tertiary/aromatic N) is 4. The molecule has 2 aromatic heterocycles. The minimum Gasteiger partial charge on any atom is -0.378 e. The minimum atomic E-state index is -0.218. The Hall–Kier alpha value is -2.48. The Labute approximate surface area is 133 Å². The van der Waals surface area contributed by atoms with Crippen molar-refractivity contribution in [2.75, 3.05) is 36.5 Å². The Balaban J connectivity index is 1.83. The van der Waals surface area contributed by atoms with Crippen LogP contribution in [0.15, 0.2) is 18.3 Å². The second-order valence-corrected chi connectivity index (χ2v) is 5.45. The van der Waals surface area contributed by atoms with Gasteiger partial charge in [-0.3, -0.25) is 4.79 Å². The smallest absolute Gasteiger partial charge is 0.225 e. The van der Waals surface area contributed by atoms with E-state index in [-0.39, 0.29) is 24.5 Å². The average Bonchev–Trinajstić information content (AvgIpc) is 3.01. The van der Waals surface area contributed by atoms with Crippen LogP contribution >= 0.6 is 0 Å². The number of carbonyl (C=O) groups is 2. The van der Waals surface area contributed by atoms with Gasteiger partial charge in [-0.1, -0.05) is 0 Å². The van der Waals surface area contributed by atoms with Gasteiger partial charge in [0, 0.05) is 38.1 Å². The van der Waals surface area contributed by atoms with E-state index < -0.39 is 0 Å². The molecular formula is C15H19N5O3. The first-order valence-electron chi connectivity index (χ1n) is 7.60. The van der Waals surface area contributed by atoms with E-state index in [1.807, 2.05) is 0 Å².